The molecule has 0 atom stereocenters. The van der Waals surface area contributed by atoms with E-state index in [4.69, 9.17) is 21.7 Å². The number of nitrogens with one attached hydrogen (secondary N) is 2. The lowest BCUT2D eigenvalue weighted by Gasteiger charge is -2.19. The maximum atomic E-state index is 12.0. The van der Waals surface area contributed by atoms with E-state index in [1.807, 2.05) is 42.5 Å². The molecule has 1 aliphatic heterocycles. The van der Waals surface area contributed by atoms with Crippen LogP contribution in [0.2, 0.25) is 0 Å². The number of thiocarbonyl (C=S) groups is 1. The van der Waals surface area contributed by atoms with Crippen molar-refractivity contribution in [2.24, 2.45) is 0 Å². The fraction of sp³-hybridized carbons (Fsp3) is 0.176. The number of anilines is 1. The van der Waals surface area contributed by atoms with Crippen LogP contribution in [-0.4, -0.2) is 24.2 Å². The first kappa shape index (κ1) is 15.3. The van der Waals surface area contributed by atoms with Crippen molar-refractivity contribution in [3.05, 3.63) is 54.1 Å². The second kappa shape index (κ2) is 7.11. The molecule has 6 heteroatoms. The van der Waals surface area contributed by atoms with Gasteiger partial charge in [0.05, 0.1) is 6.42 Å². The van der Waals surface area contributed by atoms with E-state index in [0.717, 1.165) is 11.3 Å². The van der Waals surface area contributed by atoms with E-state index in [1.54, 1.807) is 6.07 Å². The molecule has 0 aliphatic carbocycles. The Morgan fingerprint density at radius 3 is 2.57 bits per heavy atom. The number of benzene rings is 2. The molecule has 0 spiro atoms. The van der Waals surface area contributed by atoms with Gasteiger partial charge in [-0.25, -0.2) is 0 Å². The smallest absolute Gasteiger partial charge is 0.230 e. The van der Waals surface area contributed by atoms with Crippen molar-refractivity contribution in [3.63, 3.8) is 0 Å². The van der Waals surface area contributed by atoms with E-state index in [2.05, 4.69) is 10.6 Å². The van der Waals surface area contributed by atoms with Crippen LogP contribution in [0.3, 0.4) is 0 Å². The summed E-state index contributed by atoms with van der Waals surface area (Å²) in [5.74, 6) is 1.21. The van der Waals surface area contributed by atoms with Crippen LogP contribution in [0.25, 0.3) is 0 Å². The van der Waals surface area contributed by atoms with Crippen molar-refractivity contribution in [1.82, 2.24) is 5.32 Å². The topological polar surface area (TPSA) is 59.6 Å². The first-order valence-electron chi connectivity index (χ1n) is 7.25. The third kappa shape index (κ3) is 4.20. The first-order valence-corrected chi connectivity index (χ1v) is 7.66. The van der Waals surface area contributed by atoms with Gasteiger partial charge in [0.15, 0.2) is 16.6 Å². The monoisotopic (exact) mass is 328 g/mol. The minimum Gasteiger partial charge on any atom is -0.486 e. The molecule has 2 aromatic rings. The first-order chi connectivity index (χ1) is 11.2. The molecule has 1 aliphatic rings. The molecular formula is C17H16N2O3S. The Hall–Kier alpha value is -2.60. The molecule has 0 saturated carbocycles. The van der Waals surface area contributed by atoms with Gasteiger partial charge in [0, 0.05) is 11.8 Å². The van der Waals surface area contributed by atoms with E-state index in [0.29, 0.717) is 24.7 Å². The Labute approximate surface area is 139 Å². The van der Waals surface area contributed by atoms with Crippen LogP contribution in [0, 0.1) is 0 Å². The molecule has 5 nitrogen and oxygen atoms in total. The van der Waals surface area contributed by atoms with Gasteiger partial charge in [-0.1, -0.05) is 30.3 Å². The molecule has 118 valence electrons. The Balaban J connectivity index is 1.56. The third-order valence-electron chi connectivity index (χ3n) is 3.26. The van der Waals surface area contributed by atoms with Gasteiger partial charge in [-0.3, -0.25) is 4.79 Å². The van der Waals surface area contributed by atoms with Crippen molar-refractivity contribution in [2.75, 3.05) is 18.5 Å². The quantitative estimate of drug-likeness (QED) is 0.848. The summed E-state index contributed by atoms with van der Waals surface area (Å²) in [7, 11) is 0. The van der Waals surface area contributed by atoms with Crippen molar-refractivity contribution < 1.29 is 14.3 Å². The van der Waals surface area contributed by atoms with E-state index >= 15 is 0 Å². The summed E-state index contributed by atoms with van der Waals surface area (Å²) in [5, 5.41) is 5.89. The average molecular weight is 328 g/mol. The van der Waals surface area contributed by atoms with Crippen LogP contribution in [0.5, 0.6) is 11.5 Å². The highest BCUT2D eigenvalue weighted by Gasteiger charge is 2.12. The lowest BCUT2D eigenvalue weighted by Crippen LogP contribution is -2.35. The Morgan fingerprint density at radius 2 is 1.78 bits per heavy atom. The summed E-state index contributed by atoms with van der Waals surface area (Å²) in [4.78, 5) is 12.0. The number of rotatable bonds is 3. The molecule has 1 heterocycles. The van der Waals surface area contributed by atoms with Crippen LogP contribution >= 0.6 is 12.2 Å². The van der Waals surface area contributed by atoms with Crippen molar-refractivity contribution in [1.29, 1.82) is 0 Å². The molecule has 2 N–H and O–H groups in total. The largest absolute Gasteiger partial charge is 0.486 e. The Morgan fingerprint density at radius 1 is 1.04 bits per heavy atom. The number of carbonyl (C=O) groups is 1. The van der Waals surface area contributed by atoms with E-state index in [9.17, 15) is 4.79 Å². The van der Waals surface area contributed by atoms with Gasteiger partial charge in [0.25, 0.3) is 0 Å². The lowest BCUT2D eigenvalue weighted by atomic mass is 10.1. The zero-order valence-corrected chi connectivity index (χ0v) is 13.2. The minimum absolute atomic E-state index is 0.161. The van der Waals surface area contributed by atoms with E-state index < -0.39 is 0 Å². The fourth-order valence-electron chi connectivity index (χ4n) is 2.24. The van der Waals surface area contributed by atoms with Gasteiger partial charge < -0.3 is 20.1 Å². The predicted octanol–water partition coefficient (Wildman–Crippen LogP) is 2.51. The highest BCUT2D eigenvalue weighted by atomic mass is 32.1. The van der Waals surface area contributed by atoms with Crippen LogP contribution in [0.15, 0.2) is 48.5 Å². The van der Waals surface area contributed by atoms with Crippen LogP contribution in [0.1, 0.15) is 5.56 Å². The van der Waals surface area contributed by atoms with Gasteiger partial charge >= 0.3 is 0 Å². The van der Waals surface area contributed by atoms with Crippen LogP contribution in [-0.2, 0) is 11.2 Å². The zero-order valence-electron chi connectivity index (χ0n) is 12.4. The molecule has 3 rings (SSSR count). The SMILES string of the molecule is O=C(Cc1ccccc1)NC(=S)Nc1ccc2c(c1)OCCO2. The molecule has 1 amide bonds. The minimum atomic E-state index is -0.161. The van der Waals surface area contributed by atoms with Gasteiger partial charge in [-0.2, -0.15) is 0 Å². The number of fused-ring (bicyclic) bond motifs is 1. The summed E-state index contributed by atoms with van der Waals surface area (Å²) >= 11 is 5.17. The van der Waals surface area contributed by atoms with Crippen molar-refractivity contribution >= 4 is 28.9 Å². The molecule has 23 heavy (non-hydrogen) atoms. The average Bonchev–Trinajstić information content (AvgIpc) is 2.55. The molecule has 0 radical (unpaired) electrons. The summed E-state index contributed by atoms with van der Waals surface area (Å²) in [5.41, 5.74) is 1.67. The van der Waals surface area contributed by atoms with Crippen LogP contribution in [0.4, 0.5) is 5.69 Å². The number of hydrogen-bond donors (Lipinski definition) is 2. The van der Waals surface area contributed by atoms with Crippen molar-refractivity contribution in [2.45, 2.75) is 6.42 Å². The third-order valence-corrected chi connectivity index (χ3v) is 3.46. The molecular weight excluding hydrogens is 312 g/mol. The summed E-state index contributed by atoms with van der Waals surface area (Å²) in [6.07, 6.45) is 0.282. The number of amides is 1. The Kier molecular flexibility index (Phi) is 4.73. The number of carbonyl (C=O) groups excluding carboxylic acids is 1. The van der Waals surface area contributed by atoms with E-state index in [1.165, 1.54) is 0 Å². The molecule has 0 fully saturated rings. The molecule has 0 bridgehead atoms. The van der Waals surface area contributed by atoms with E-state index in [-0.39, 0.29) is 17.4 Å². The number of hydrogen-bond acceptors (Lipinski definition) is 4. The van der Waals surface area contributed by atoms with Crippen molar-refractivity contribution in [3.8, 4) is 11.5 Å². The summed E-state index contributed by atoms with van der Waals surface area (Å²) < 4.78 is 11.0. The standard InChI is InChI=1S/C17H16N2O3S/c20-16(10-12-4-2-1-3-5-12)19-17(23)18-13-6-7-14-15(11-13)22-9-8-21-14/h1-7,11H,8-10H2,(H2,18,19,20,23). The highest BCUT2D eigenvalue weighted by Crippen LogP contribution is 2.32. The summed E-state index contributed by atoms with van der Waals surface area (Å²) in [6, 6.07) is 14.9. The molecule has 2 aromatic carbocycles. The Bertz CT molecular complexity index is 719. The predicted molar refractivity (Wildman–Crippen MR) is 91.9 cm³/mol. The maximum absolute atomic E-state index is 12.0. The van der Waals surface area contributed by atoms with Crippen LogP contribution < -0.4 is 20.1 Å². The molecule has 0 aromatic heterocycles. The zero-order chi connectivity index (χ0) is 16.1. The van der Waals surface area contributed by atoms with Gasteiger partial charge in [-0.15, -0.1) is 0 Å². The molecule has 0 unspecified atom stereocenters. The highest BCUT2D eigenvalue weighted by molar-refractivity contribution is 7.80. The maximum Gasteiger partial charge on any atom is 0.230 e. The van der Waals surface area contributed by atoms with Gasteiger partial charge in [0.2, 0.25) is 5.91 Å². The second-order valence-corrected chi connectivity index (χ2v) is 5.43. The normalized spacial score (nSPS) is 12.3. The lowest BCUT2D eigenvalue weighted by molar-refractivity contribution is -0.119. The molecule has 0 saturated heterocycles. The second-order valence-electron chi connectivity index (χ2n) is 5.02. The fourth-order valence-corrected chi connectivity index (χ4v) is 2.47. The van der Waals surface area contributed by atoms with Gasteiger partial charge in [-0.05, 0) is 29.9 Å². The summed E-state index contributed by atoms with van der Waals surface area (Å²) in [6.45, 7) is 1.07. The van der Waals surface area contributed by atoms with Gasteiger partial charge in [0.1, 0.15) is 13.2 Å². The number of ether oxygens (including phenoxy) is 2.